The quantitative estimate of drug-likeness (QED) is 0.621. The van der Waals surface area contributed by atoms with Gasteiger partial charge in [-0.05, 0) is 37.8 Å². The van der Waals surface area contributed by atoms with Gasteiger partial charge in [0.15, 0.2) is 0 Å². The van der Waals surface area contributed by atoms with Gasteiger partial charge in [-0.2, -0.15) is 0 Å². The maximum Gasteiger partial charge on any atom is 0.128 e. The van der Waals surface area contributed by atoms with Gasteiger partial charge in [-0.15, -0.1) is 11.6 Å². The second-order valence-electron chi connectivity index (χ2n) is 6.16. The maximum absolute atomic E-state index is 6.47. The highest BCUT2D eigenvalue weighted by atomic mass is 35.5. The van der Waals surface area contributed by atoms with Crippen LogP contribution in [0.2, 0.25) is 5.02 Å². The Balaban J connectivity index is 2.12. The third-order valence-electron chi connectivity index (χ3n) is 4.74. The van der Waals surface area contributed by atoms with E-state index >= 15 is 0 Å². The second kappa shape index (κ2) is 6.18. The second-order valence-corrected chi connectivity index (χ2v) is 7.22. The highest BCUT2D eigenvalue weighted by Crippen LogP contribution is 2.40. The molecule has 2 aromatic rings. The lowest BCUT2D eigenvalue weighted by Gasteiger charge is -2.31. The zero-order valence-corrected chi connectivity index (χ0v) is 14.2. The normalized spacial score (nSPS) is 24.4. The summed E-state index contributed by atoms with van der Waals surface area (Å²) in [7, 11) is 0. The summed E-state index contributed by atoms with van der Waals surface area (Å²) in [6, 6.07) is 6.41. The predicted octanol–water partition coefficient (Wildman–Crippen LogP) is 6.13. The molecule has 0 saturated heterocycles. The number of rotatable bonds is 3. The van der Waals surface area contributed by atoms with Gasteiger partial charge in [0, 0.05) is 6.04 Å². The third-order valence-corrected chi connectivity index (χ3v) is 5.24. The fourth-order valence-corrected chi connectivity index (χ4v) is 4.06. The van der Waals surface area contributed by atoms with Gasteiger partial charge in [-0.1, -0.05) is 43.9 Å². The van der Waals surface area contributed by atoms with E-state index in [0.717, 1.165) is 27.8 Å². The van der Waals surface area contributed by atoms with Gasteiger partial charge in [0.1, 0.15) is 5.82 Å². The number of hydrogen-bond acceptors (Lipinski definition) is 1. The van der Waals surface area contributed by atoms with Crippen molar-refractivity contribution in [3.8, 4) is 0 Å². The molecule has 2 nitrogen and oxygen atoms in total. The van der Waals surface area contributed by atoms with Crippen LogP contribution < -0.4 is 0 Å². The molecule has 0 aliphatic heterocycles. The smallest absolute Gasteiger partial charge is 0.128 e. The highest BCUT2D eigenvalue weighted by molar-refractivity contribution is 6.35. The molecular weight excluding hydrogens is 303 g/mol. The van der Waals surface area contributed by atoms with E-state index in [2.05, 4.69) is 11.5 Å². The van der Waals surface area contributed by atoms with E-state index in [9.17, 15) is 0 Å². The number of imidazole rings is 1. The number of aromatic nitrogens is 2. The van der Waals surface area contributed by atoms with E-state index in [-0.39, 0.29) is 5.38 Å². The number of halogens is 2. The molecule has 1 aliphatic rings. The van der Waals surface area contributed by atoms with E-state index in [1.165, 1.54) is 32.1 Å². The van der Waals surface area contributed by atoms with Crippen LogP contribution in [0.4, 0.5) is 0 Å². The zero-order valence-electron chi connectivity index (χ0n) is 12.6. The van der Waals surface area contributed by atoms with Crippen LogP contribution in [0, 0.1) is 5.92 Å². The van der Waals surface area contributed by atoms with Crippen molar-refractivity contribution in [2.24, 2.45) is 5.92 Å². The van der Waals surface area contributed by atoms with Crippen molar-refractivity contribution in [1.29, 1.82) is 0 Å². The minimum atomic E-state index is -0.101. The summed E-state index contributed by atoms with van der Waals surface area (Å²) >= 11 is 12.9. The van der Waals surface area contributed by atoms with E-state index < -0.39 is 0 Å². The molecule has 21 heavy (non-hydrogen) atoms. The van der Waals surface area contributed by atoms with Crippen molar-refractivity contribution < 1.29 is 0 Å². The average molecular weight is 325 g/mol. The number of nitrogens with zero attached hydrogens (tertiary/aromatic N) is 2. The number of alkyl halides is 1. The first kappa shape index (κ1) is 15.2. The summed E-state index contributed by atoms with van der Waals surface area (Å²) in [5.41, 5.74) is 2.02. The standard InChI is InChI=1S/C17H22Cl2N2/c1-3-12-6-4-7-13(10-12)21-16-14(19)8-5-9-15(16)20-17(21)11(2)18/h5,8-9,11-13H,3-4,6-7,10H2,1-2H3. The average Bonchev–Trinajstić information content (AvgIpc) is 2.88. The molecule has 114 valence electrons. The molecular formula is C17H22Cl2N2. The Bertz CT molecular complexity index is 633. The molecule has 1 fully saturated rings. The van der Waals surface area contributed by atoms with Crippen LogP contribution in [0.15, 0.2) is 18.2 Å². The summed E-state index contributed by atoms with van der Waals surface area (Å²) in [5.74, 6) is 1.77. The number of hydrogen-bond donors (Lipinski definition) is 0. The van der Waals surface area contributed by atoms with Gasteiger partial charge in [0.25, 0.3) is 0 Å². The summed E-state index contributed by atoms with van der Waals surface area (Å²) in [6.45, 7) is 4.28. The van der Waals surface area contributed by atoms with E-state index in [1.807, 2.05) is 25.1 Å². The third kappa shape index (κ3) is 2.80. The number of fused-ring (bicyclic) bond motifs is 1. The zero-order chi connectivity index (χ0) is 15.0. The molecule has 1 aromatic heterocycles. The van der Waals surface area contributed by atoms with Crippen LogP contribution in [-0.4, -0.2) is 9.55 Å². The van der Waals surface area contributed by atoms with Crippen LogP contribution in [-0.2, 0) is 0 Å². The molecule has 1 heterocycles. The fraction of sp³-hybridized carbons (Fsp3) is 0.588. The summed E-state index contributed by atoms with van der Waals surface area (Å²) in [5, 5.41) is 0.678. The monoisotopic (exact) mass is 324 g/mol. The molecule has 0 amide bonds. The molecule has 3 rings (SSSR count). The van der Waals surface area contributed by atoms with E-state index in [0.29, 0.717) is 6.04 Å². The summed E-state index contributed by atoms with van der Waals surface area (Å²) in [4.78, 5) is 4.75. The molecule has 0 N–H and O–H groups in total. The van der Waals surface area contributed by atoms with Crippen LogP contribution >= 0.6 is 23.2 Å². The Morgan fingerprint density at radius 3 is 2.90 bits per heavy atom. The van der Waals surface area contributed by atoms with E-state index in [1.54, 1.807) is 0 Å². The summed E-state index contributed by atoms with van der Waals surface area (Å²) in [6.07, 6.45) is 6.29. The predicted molar refractivity (Wildman–Crippen MR) is 90.3 cm³/mol. The highest BCUT2D eigenvalue weighted by Gasteiger charge is 2.27. The van der Waals surface area contributed by atoms with Gasteiger partial charge in [0.05, 0.1) is 21.4 Å². The fourth-order valence-electron chi connectivity index (χ4n) is 3.64. The first-order chi connectivity index (χ1) is 10.1. The van der Waals surface area contributed by atoms with Gasteiger partial charge < -0.3 is 4.57 Å². The molecule has 1 aliphatic carbocycles. The lowest BCUT2D eigenvalue weighted by atomic mass is 9.84. The Kier molecular flexibility index (Phi) is 4.46. The molecule has 0 radical (unpaired) electrons. The van der Waals surface area contributed by atoms with Crippen molar-refractivity contribution in [3.05, 3.63) is 29.0 Å². The van der Waals surface area contributed by atoms with Crippen molar-refractivity contribution in [3.63, 3.8) is 0 Å². The van der Waals surface area contributed by atoms with Gasteiger partial charge in [0.2, 0.25) is 0 Å². The molecule has 4 heteroatoms. The molecule has 3 atom stereocenters. The Hall–Kier alpha value is -0.730. The minimum Gasteiger partial charge on any atom is -0.322 e. The van der Waals surface area contributed by atoms with Crippen molar-refractivity contribution >= 4 is 34.2 Å². The Labute approximate surface area is 136 Å². The van der Waals surface area contributed by atoms with Gasteiger partial charge in [-0.3, -0.25) is 0 Å². The van der Waals surface area contributed by atoms with Crippen LogP contribution in [0.25, 0.3) is 11.0 Å². The number of benzene rings is 1. The molecule has 3 unspecified atom stereocenters. The Morgan fingerprint density at radius 1 is 1.38 bits per heavy atom. The lowest BCUT2D eigenvalue weighted by molar-refractivity contribution is 0.261. The van der Waals surface area contributed by atoms with Crippen molar-refractivity contribution in [1.82, 2.24) is 9.55 Å². The SMILES string of the molecule is CCC1CCCC(n2c(C(C)Cl)nc3cccc(Cl)c32)C1. The first-order valence-electron chi connectivity index (χ1n) is 7.92. The van der Waals surface area contributed by atoms with Crippen molar-refractivity contribution in [2.45, 2.75) is 57.4 Å². The molecule has 1 saturated carbocycles. The van der Waals surface area contributed by atoms with Crippen LogP contribution in [0.3, 0.4) is 0 Å². The van der Waals surface area contributed by atoms with Crippen LogP contribution in [0.1, 0.15) is 63.2 Å². The first-order valence-corrected chi connectivity index (χ1v) is 8.73. The number of para-hydroxylation sites is 1. The van der Waals surface area contributed by atoms with Crippen molar-refractivity contribution in [2.75, 3.05) is 0 Å². The largest absolute Gasteiger partial charge is 0.322 e. The van der Waals surface area contributed by atoms with E-state index in [4.69, 9.17) is 28.2 Å². The maximum atomic E-state index is 6.47. The minimum absolute atomic E-state index is 0.101. The van der Waals surface area contributed by atoms with Gasteiger partial charge >= 0.3 is 0 Å². The molecule has 1 aromatic carbocycles. The van der Waals surface area contributed by atoms with Gasteiger partial charge in [-0.25, -0.2) is 4.98 Å². The van der Waals surface area contributed by atoms with Crippen LogP contribution in [0.5, 0.6) is 0 Å². The Morgan fingerprint density at radius 2 is 2.19 bits per heavy atom. The lowest BCUT2D eigenvalue weighted by Crippen LogP contribution is -2.21. The molecule has 0 spiro atoms. The molecule has 0 bridgehead atoms. The summed E-state index contributed by atoms with van der Waals surface area (Å²) < 4.78 is 2.33. The topological polar surface area (TPSA) is 17.8 Å².